The lowest BCUT2D eigenvalue weighted by Crippen LogP contribution is -2.25. The Hall–Kier alpha value is -1.80. The molecular formula is C59H80S6. The molecule has 7 aromatic rings. The fraction of sp³-hybridized carbons (Fsp3) is 0.559. The molecule has 5 unspecified atom stereocenters. The van der Waals surface area contributed by atoms with Crippen LogP contribution >= 0.6 is 68.9 Å². The van der Waals surface area contributed by atoms with Crippen LogP contribution in [0.25, 0.3) is 61.9 Å². The summed E-state index contributed by atoms with van der Waals surface area (Å²) >= 11 is 12.9. The van der Waals surface area contributed by atoms with Crippen LogP contribution in [-0.4, -0.2) is 0 Å². The van der Waals surface area contributed by atoms with Crippen LogP contribution in [0.3, 0.4) is 0 Å². The highest BCUT2D eigenvalue weighted by Gasteiger charge is 2.50. The third kappa shape index (κ3) is 8.89. The molecule has 1 aliphatic carbocycles. The molecule has 0 nitrogen and oxygen atoms in total. The Kier molecular flexibility index (Phi) is 15.3. The van der Waals surface area contributed by atoms with Gasteiger partial charge in [-0.3, -0.25) is 0 Å². The molecule has 3 aliphatic rings. The Morgan fingerprint density at radius 2 is 0.954 bits per heavy atom. The number of hydrogen-bond acceptors (Lipinski definition) is 6. The summed E-state index contributed by atoms with van der Waals surface area (Å²) in [6.07, 6.45) is 12.7. The lowest BCUT2D eigenvalue weighted by molar-refractivity contribution is 0.437. The summed E-state index contributed by atoms with van der Waals surface area (Å²) in [5.41, 5.74) is 3.66. The smallest absolute Gasteiger partial charge is 0.0438 e. The predicted molar refractivity (Wildman–Crippen MR) is 310 cm³/mol. The molecule has 0 saturated carbocycles. The van der Waals surface area contributed by atoms with Crippen molar-refractivity contribution in [2.24, 2.45) is 17.3 Å². The number of thiophene rings is 4. The van der Waals surface area contributed by atoms with Crippen LogP contribution < -0.4 is 0 Å². The number of hydrogen-bond donors (Lipinski definition) is 0. The first-order valence-electron chi connectivity index (χ1n) is 25.3. The predicted octanol–water partition coefficient (Wildman–Crippen LogP) is 22.8. The third-order valence-electron chi connectivity index (χ3n) is 13.5. The molecule has 0 saturated heterocycles. The Morgan fingerprint density at radius 3 is 1.40 bits per heavy atom. The van der Waals surface area contributed by atoms with E-state index in [9.17, 15) is 0 Å². The minimum Gasteiger partial charge on any atom is -0.140 e. The van der Waals surface area contributed by atoms with Crippen molar-refractivity contribution >= 4 is 131 Å². The second-order valence-corrected chi connectivity index (χ2v) is 28.5. The van der Waals surface area contributed by atoms with E-state index in [4.69, 9.17) is 0 Å². The van der Waals surface area contributed by atoms with E-state index in [2.05, 4.69) is 223 Å². The lowest BCUT2D eigenvalue weighted by atomic mass is 9.71. The first kappa shape index (κ1) is 51.1. The van der Waals surface area contributed by atoms with Crippen LogP contribution in [0.5, 0.6) is 0 Å². The molecule has 0 radical (unpaired) electrons. The molecule has 0 bridgehead atoms. The summed E-state index contributed by atoms with van der Waals surface area (Å²) < 4.78 is 6.14. The van der Waals surface area contributed by atoms with E-state index >= 15 is 0 Å². The summed E-state index contributed by atoms with van der Waals surface area (Å²) in [6.45, 7) is 44.0. The number of rotatable bonds is 5. The van der Waals surface area contributed by atoms with Gasteiger partial charge in [-0.25, -0.2) is 0 Å². The van der Waals surface area contributed by atoms with Gasteiger partial charge in [0.25, 0.3) is 0 Å². The molecule has 0 amide bonds. The molecule has 10 rings (SSSR count). The van der Waals surface area contributed by atoms with Crippen molar-refractivity contribution in [2.45, 2.75) is 197 Å². The normalized spacial score (nSPS) is 20.0. The monoisotopic (exact) mass is 980 g/mol. The Labute approximate surface area is 418 Å². The molecule has 6 heteroatoms. The van der Waals surface area contributed by atoms with Gasteiger partial charge in [0.15, 0.2) is 0 Å². The summed E-state index contributed by atoms with van der Waals surface area (Å²) in [5, 5.41) is 13.1. The van der Waals surface area contributed by atoms with E-state index in [1.807, 2.05) is 13.8 Å². The maximum absolute atomic E-state index is 2.76. The molecule has 0 spiro atoms. The fourth-order valence-corrected chi connectivity index (χ4v) is 18.0. The molecule has 352 valence electrons. The number of thioether (sulfide) groups is 2. The molecule has 4 aromatic heterocycles. The molecule has 0 fully saturated rings. The maximum Gasteiger partial charge on any atom is 0.0438 e. The average Bonchev–Trinajstić information content (AvgIpc) is 4.11. The summed E-state index contributed by atoms with van der Waals surface area (Å²) in [7, 11) is 0. The first-order chi connectivity index (χ1) is 30.7. The van der Waals surface area contributed by atoms with Gasteiger partial charge in [-0.05, 0) is 86.6 Å². The minimum absolute atomic E-state index is 0.0751. The fourth-order valence-electron chi connectivity index (χ4n) is 9.70. The molecular weight excluding hydrogens is 901 g/mol. The van der Waals surface area contributed by atoms with Crippen LogP contribution in [0.1, 0.15) is 211 Å². The quantitative estimate of drug-likeness (QED) is 0.158. The van der Waals surface area contributed by atoms with Crippen molar-refractivity contribution in [1.29, 1.82) is 0 Å². The van der Waals surface area contributed by atoms with Crippen LogP contribution in [0, 0.1) is 17.3 Å². The van der Waals surface area contributed by atoms with E-state index < -0.39 is 0 Å². The van der Waals surface area contributed by atoms with Gasteiger partial charge in [-0.15, -0.1) is 68.9 Å². The van der Waals surface area contributed by atoms with Gasteiger partial charge in [-0.2, -0.15) is 0 Å². The van der Waals surface area contributed by atoms with Crippen LogP contribution in [0.2, 0.25) is 0 Å². The van der Waals surface area contributed by atoms with Crippen molar-refractivity contribution in [1.82, 2.24) is 0 Å². The van der Waals surface area contributed by atoms with E-state index in [1.165, 1.54) is 71.3 Å². The Bertz CT molecular complexity index is 2910. The average molecular weight is 982 g/mol. The second-order valence-electron chi connectivity index (χ2n) is 21.8. The molecule has 5 atom stereocenters. The number of fused-ring (bicyclic) bond motifs is 21. The highest BCUT2D eigenvalue weighted by Crippen LogP contribution is 2.70. The zero-order valence-corrected chi connectivity index (χ0v) is 48.4. The summed E-state index contributed by atoms with van der Waals surface area (Å²) in [5.74, 6) is 1.55. The van der Waals surface area contributed by atoms with Gasteiger partial charge in [-0.1, -0.05) is 163 Å². The third-order valence-corrected chi connectivity index (χ3v) is 22.7. The zero-order chi connectivity index (χ0) is 47.7. The van der Waals surface area contributed by atoms with Crippen molar-refractivity contribution in [2.75, 3.05) is 0 Å². The van der Waals surface area contributed by atoms with E-state index in [-0.39, 0.29) is 16.2 Å². The van der Waals surface area contributed by atoms with Crippen molar-refractivity contribution in [3.05, 3.63) is 76.9 Å². The van der Waals surface area contributed by atoms with Gasteiger partial charge in [0.2, 0.25) is 0 Å². The van der Waals surface area contributed by atoms with Gasteiger partial charge in [0.1, 0.15) is 0 Å². The Morgan fingerprint density at radius 1 is 0.508 bits per heavy atom. The van der Waals surface area contributed by atoms with E-state index in [1.54, 1.807) is 56.8 Å². The second kappa shape index (κ2) is 19.5. The van der Waals surface area contributed by atoms with Crippen LogP contribution in [0.15, 0.2) is 46.2 Å². The van der Waals surface area contributed by atoms with Crippen molar-refractivity contribution in [3.63, 3.8) is 0 Å². The molecule has 2 aliphatic heterocycles. The summed E-state index contributed by atoms with van der Waals surface area (Å²) in [6, 6.07) is 10.4. The van der Waals surface area contributed by atoms with Gasteiger partial charge in [0.05, 0.1) is 0 Å². The molecule has 65 heavy (non-hydrogen) atoms. The van der Waals surface area contributed by atoms with Crippen LogP contribution in [-0.2, 0) is 17.3 Å². The van der Waals surface area contributed by atoms with E-state index in [0.29, 0.717) is 28.3 Å². The molecule has 3 aromatic carbocycles. The number of aryl methyl sites for hydroxylation is 1. The SMILES string of the molecule is CC.CCC.CCC1=CC2C(S1)c1c(c3c4sc(CC)cc4c4cc(C(C)(C)C)sc4c3c3c4sc(C(C)(C)C)cc4c4cc(C(C)CC)sc4c13)C1SC(C(C)(C)C)=CC12.CCCC. The van der Waals surface area contributed by atoms with E-state index in [0.717, 1.165) is 12.8 Å². The number of benzene rings is 3. The van der Waals surface area contributed by atoms with Crippen LogP contribution in [0.4, 0.5) is 0 Å². The first-order valence-corrected chi connectivity index (χ1v) is 30.3. The zero-order valence-electron chi connectivity index (χ0n) is 43.5. The van der Waals surface area contributed by atoms with Gasteiger partial charge in [0, 0.05) is 104 Å². The Balaban J connectivity index is 0.000000650. The largest absolute Gasteiger partial charge is 0.140 e. The minimum atomic E-state index is 0.0751. The maximum atomic E-state index is 2.76. The molecule has 6 heterocycles. The van der Waals surface area contributed by atoms with Gasteiger partial charge < -0.3 is 0 Å². The van der Waals surface area contributed by atoms with Crippen molar-refractivity contribution < 1.29 is 0 Å². The highest BCUT2D eigenvalue weighted by molar-refractivity contribution is 8.04. The van der Waals surface area contributed by atoms with Crippen molar-refractivity contribution in [3.8, 4) is 0 Å². The standard InChI is InChI=1S/C50H56S6.C4H10.C3H8.C2H6/c1-14-23(4)32-19-28-31-22-35(50(11,12)13)56-47(31)41-38(44(28)53-32)36-39(45-29(20-33(54-45)48(5,6)7)26-17-24(15-2)51-42(26)36)37-40(41)46-30(21-34(55-46)49(8,9)10)27-18-25(16-3)52-43(27)37;1-3-4-2;1-3-2;1-2/h17-23,26,29,42,45H,14-16H2,1-13H3;3-4H2,1-2H3;3H2,1-2H3;1-2H3. The number of unbranched alkanes of at least 4 members (excludes halogenated alkanes) is 1. The van der Waals surface area contributed by atoms with Gasteiger partial charge >= 0.3 is 0 Å². The highest BCUT2D eigenvalue weighted by atomic mass is 32.2. The lowest BCUT2D eigenvalue weighted by Gasteiger charge is -2.39. The molecule has 0 N–H and O–H groups in total. The summed E-state index contributed by atoms with van der Waals surface area (Å²) in [4.78, 5) is 9.24. The topological polar surface area (TPSA) is 0 Å². The number of allylic oxidation sites excluding steroid dienone is 4.